The Kier molecular flexibility index (Phi) is 10.2. The van der Waals surface area contributed by atoms with Crippen LogP contribution in [0.15, 0.2) is 42.5 Å². The molecule has 17 heteroatoms. The number of aromatic nitrogens is 3. The molecule has 10 rings (SSSR count). The Bertz CT molecular complexity index is 2240. The van der Waals surface area contributed by atoms with Gasteiger partial charge in [0.25, 0.3) is 11.8 Å². The van der Waals surface area contributed by atoms with Gasteiger partial charge in [0.05, 0.1) is 12.1 Å². The number of nitrogens with zero attached hydrogens (tertiary/aromatic N) is 9. The van der Waals surface area contributed by atoms with Gasteiger partial charge in [-0.3, -0.25) is 24.5 Å². The third-order valence-corrected chi connectivity index (χ3v) is 14.5. The summed E-state index contributed by atoms with van der Waals surface area (Å²) in [6, 6.07) is 14.2. The number of hydrogen-bond acceptors (Lipinski definition) is 12. The molecule has 61 heavy (non-hydrogen) atoms. The van der Waals surface area contributed by atoms with E-state index in [1.165, 1.54) is 5.56 Å². The molecule has 2 aromatic carbocycles. The normalized spacial score (nSPS) is 26.1. The summed E-state index contributed by atoms with van der Waals surface area (Å²) in [5.41, 5.74) is 10.4. The molecule has 1 saturated carbocycles. The van der Waals surface area contributed by atoms with Crippen LogP contribution in [0.1, 0.15) is 89.3 Å². The summed E-state index contributed by atoms with van der Waals surface area (Å²) in [6.45, 7) is 7.73. The molecule has 0 radical (unpaired) electrons. The van der Waals surface area contributed by atoms with Crippen molar-refractivity contribution in [1.29, 1.82) is 0 Å². The smallest absolute Gasteiger partial charge is 0.320 e. The fraction of sp³-hybridized carbons (Fsp3) is 0.545. The molecule has 1 aromatic heterocycles. The molecule has 7 aliphatic rings. The van der Waals surface area contributed by atoms with Crippen molar-refractivity contribution in [3.63, 3.8) is 0 Å². The zero-order valence-electron chi connectivity index (χ0n) is 34.7. The van der Waals surface area contributed by atoms with E-state index in [4.69, 9.17) is 10.7 Å². The third-order valence-electron chi connectivity index (χ3n) is 14.5. The van der Waals surface area contributed by atoms with Gasteiger partial charge in [0.1, 0.15) is 6.04 Å². The van der Waals surface area contributed by atoms with Gasteiger partial charge in [-0.05, 0) is 111 Å². The van der Waals surface area contributed by atoms with Crippen molar-refractivity contribution in [1.82, 2.24) is 40.1 Å². The maximum atomic E-state index is 13.4. The Balaban J connectivity index is 0.706. The van der Waals surface area contributed by atoms with Gasteiger partial charge in [0.15, 0.2) is 11.5 Å². The van der Waals surface area contributed by atoms with Crippen LogP contribution in [0.25, 0.3) is 0 Å². The van der Waals surface area contributed by atoms with Crippen LogP contribution < -0.4 is 26.2 Å². The van der Waals surface area contributed by atoms with Crippen molar-refractivity contribution in [2.24, 2.45) is 17.6 Å². The minimum atomic E-state index is -0.701. The molecular weight excluding hydrogens is 777 g/mol. The Labute approximate surface area is 355 Å². The number of nitrogens with one attached hydrogen (secondary N) is 2. The first-order valence-corrected chi connectivity index (χ1v) is 22.0. The van der Waals surface area contributed by atoms with Gasteiger partial charge in [-0.25, -0.2) is 4.79 Å². The van der Waals surface area contributed by atoms with Crippen LogP contribution in [0.3, 0.4) is 0 Å². The second-order valence-corrected chi connectivity index (χ2v) is 18.2. The van der Waals surface area contributed by atoms with Gasteiger partial charge in [-0.2, -0.15) is 4.98 Å². The van der Waals surface area contributed by atoms with E-state index in [9.17, 15) is 24.0 Å². The number of rotatable bonds is 10. The maximum absolute atomic E-state index is 13.4. The molecule has 2 bridgehead atoms. The number of amides is 6. The number of benzene rings is 2. The minimum Gasteiger partial charge on any atom is -0.371 e. The van der Waals surface area contributed by atoms with E-state index in [1.807, 2.05) is 36.2 Å². The van der Waals surface area contributed by atoms with E-state index in [0.717, 1.165) is 108 Å². The standard InChI is InChI=1S/C44H54N12O5/c1-51-18-19-54(44(51)61)35-20-27-21-36(35)56(24-27)43-48-40(38(39(45)58)49-50-43)46-31-5-2-28(3-6-31)29-12-14-52(15-13-29)23-26-10-16-53(17-11-26)32-7-4-30-25-55(42(60)33(30)22-32)34-8-9-37(57)47-41(34)59/h2-7,22,26-27,29,34-36H,8-21,23-25H2,1H3,(H2,45,58)(H,46,48,50)(H,47,57,59). The second kappa shape index (κ2) is 15.9. The van der Waals surface area contributed by atoms with Crippen LogP contribution in [-0.4, -0.2) is 142 Å². The number of nitrogens with two attached hydrogens (primary N) is 1. The lowest BCUT2D eigenvalue weighted by Gasteiger charge is -2.38. The number of fused-ring (bicyclic) bond motifs is 3. The molecule has 4 unspecified atom stereocenters. The SMILES string of the molecule is CN1CCN(C2CC3CC2N(c2nnc(C(N)=O)c(Nc4ccc(C5CCN(CC6CCN(c7ccc8c(c7)C(=O)N(C7CCC(=O)NC7=O)C8)CC6)CC5)cc4)n2)C3)C1=O. The number of imide groups is 1. The molecule has 6 fully saturated rings. The van der Waals surface area contributed by atoms with Crippen LogP contribution in [0.5, 0.6) is 0 Å². The number of anilines is 4. The predicted molar refractivity (Wildman–Crippen MR) is 226 cm³/mol. The molecule has 6 aliphatic heterocycles. The highest BCUT2D eigenvalue weighted by Gasteiger charge is 2.51. The molecule has 7 heterocycles. The summed E-state index contributed by atoms with van der Waals surface area (Å²) in [6.07, 6.45) is 6.94. The number of likely N-dealkylation sites (N-methyl/N-ethyl adjacent to an activating group) is 1. The molecule has 3 aromatic rings. The topological polar surface area (TPSA) is 194 Å². The molecular formula is C44H54N12O5. The zero-order chi connectivity index (χ0) is 41.9. The highest BCUT2D eigenvalue weighted by Crippen LogP contribution is 2.43. The number of hydrogen-bond donors (Lipinski definition) is 3. The summed E-state index contributed by atoms with van der Waals surface area (Å²) in [4.78, 5) is 80.0. The molecule has 4 atom stereocenters. The van der Waals surface area contributed by atoms with Gasteiger partial charge in [-0.1, -0.05) is 18.2 Å². The van der Waals surface area contributed by atoms with Gasteiger partial charge in [-0.15, -0.1) is 10.2 Å². The molecule has 6 amide bonds. The van der Waals surface area contributed by atoms with E-state index in [2.05, 4.69) is 53.7 Å². The first kappa shape index (κ1) is 39.3. The Morgan fingerprint density at radius 3 is 2.30 bits per heavy atom. The Morgan fingerprint density at radius 2 is 1.61 bits per heavy atom. The van der Waals surface area contributed by atoms with Crippen LogP contribution in [-0.2, 0) is 16.1 Å². The fourth-order valence-electron chi connectivity index (χ4n) is 11.1. The fourth-order valence-corrected chi connectivity index (χ4v) is 11.1. The number of primary amides is 1. The average Bonchev–Trinajstić information content (AvgIpc) is 4.04. The highest BCUT2D eigenvalue weighted by molar-refractivity contribution is 6.05. The van der Waals surface area contributed by atoms with E-state index in [1.54, 1.807) is 9.80 Å². The number of piperidine rings is 4. The lowest BCUT2D eigenvalue weighted by Crippen LogP contribution is -2.52. The number of urea groups is 1. The second-order valence-electron chi connectivity index (χ2n) is 18.2. The van der Waals surface area contributed by atoms with Crippen LogP contribution in [0.4, 0.5) is 27.9 Å². The molecule has 0 spiro atoms. The quantitative estimate of drug-likeness (QED) is 0.254. The van der Waals surface area contributed by atoms with Gasteiger partial charge >= 0.3 is 6.03 Å². The van der Waals surface area contributed by atoms with E-state index in [-0.39, 0.29) is 53.8 Å². The van der Waals surface area contributed by atoms with Crippen molar-refractivity contribution in [3.05, 3.63) is 64.8 Å². The largest absolute Gasteiger partial charge is 0.371 e. The third kappa shape index (κ3) is 7.50. The monoisotopic (exact) mass is 830 g/mol. The highest BCUT2D eigenvalue weighted by atomic mass is 16.2. The summed E-state index contributed by atoms with van der Waals surface area (Å²) >= 11 is 0. The van der Waals surface area contributed by atoms with Crippen LogP contribution >= 0.6 is 0 Å². The summed E-state index contributed by atoms with van der Waals surface area (Å²) in [5, 5.41) is 14.2. The van der Waals surface area contributed by atoms with Crippen molar-refractivity contribution >= 4 is 52.8 Å². The summed E-state index contributed by atoms with van der Waals surface area (Å²) < 4.78 is 0. The van der Waals surface area contributed by atoms with Gasteiger partial charge in [0, 0.05) is 76.2 Å². The minimum absolute atomic E-state index is 0.0112. The Morgan fingerprint density at radius 1 is 0.852 bits per heavy atom. The van der Waals surface area contributed by atoms with Crippen molar-refractivity contribution in [3.8, 4) is 0 Å². The number of carbonyl (C=O) groups is 5. The van der Waals surface area contributed by atoms with E-state index in [0.29, 0.717) is 42.2 Å². The molecule has 1 aliphatic carbocycles. The Hall–Kier alpha value is -5.84. The van der Waals surface area contributed by atoms with Crippen molar-refractivity contribution in [2.75, 3.05) is 74.5 Å². The summed E-state index contributed by atoms with van der Waals surface area (Å²) in [5.74, 6) is 0.767. The maximum Gasteiger partial charge on any atom is 0.320 e. The summed E-state index contributed by atoms with van der Waals surface area (Å²) in [7, 11) is 1.84. The molecule has 4 N–H and O–H groups in total. The number of likely N-dealkylation sites (tertiary alicyclic amines) is 1. The molecule has 17 nitrogen and oxygen atoms in total. The van der Waals surface area contributed by atoms with Crippen LogP contribution in [0.2, 0.25) is 0 Å². The van der Waals surface area contributed by atoms with Gasteiger partial charge < -0.3 is 40.4 Å². The number of carbonyl (C=O) groups excluding carboxylic acids is 5. The first-order chi connectivity index (χ1) is 29.6. The van der Waals surface area contributed by atoms with Crippen LogP contribution in [0, 0.1) is 11.8 Å². The molecule has 320 valence electrons. The van der Waals surface area contributed by atoms with Crippen molar-refractivity contribution in [2.45, 2.75) is 82.0 Å². The van der Waals surface area contributed by atoms with E-state index < -0.39 is 11.9 Å². The zero-order valence-corrected chi connectivity index (χ0v) is 34.7. The van der Waals surface area contributed by atoms with E-state index >= 15 is 0 Å². The lowest BCUT2D eigenvalue weighted by atomic mass is 9.88. The van der Waals surface area contributed by atoms with Crippen molar-refractivity contribution < 1.29 is 24.0 Å². The molecule has 5 saturated heterocycles. The first-order valence-electron chi connectivity index (χ1n) is 22.0. The average molecular weight is 831 g/mol. The van der Waals surface area contributed by atoms with Gasteiger partial charge in [0.2, 0.25) is 17.8 Å². The lowest BCUT2D eigenvalue weighted by molar-refractivity contribution is -0.136. The predicted octanol–water partition coefficient (Wildman–Crippen LogP) is 2.91.